The van der Waals surface area contributed by atoms with E-state index in [-0.39, 0.29) is 17.7 Å². The number of hydrogen-bond acceptors (Lipinski definition) is 5. The number of ether oxygens (including phenoxy) is 1. The van der Waals surface area contributed by atoms with Crippen molar-refractivity contribution >= 4 is 21.6 Å². The van der Waals surface area contributed by atoms with Gasteiger partial charge in [-0.3, -0.25) is 9.69 Å². The molecule has 1 N–H and O–H groups in total. The van der Waals surface area contributed by atoms with E-state index in [0.717, 1.165) is 5.56 Å². The average Bonchev–Trinajstić information content (AvgIpc) is 2.74. The van der Waals surface area contributed by atoms with Gasteiger partial charge in [-0.2, -0.15) is 4.31 Å². The molecule has 0 aliphatic carbocycles. The van der Waals surface area contributed by atoms with Gasteiger partial charge in [-0.1, -0.05) is 42.5 Å². The molecule has 29 heavy (non-hydrogen) atoms. The zero-order valence-corrected chi connectivity index (χ0v) is 17.6. The van der Waals surface area contributed by atoms with Crippen LogP contribution >= 0.6 is 0 Å². The van der Waals surface area contributed by atoms with E-state index in [0.29, 0.717) is 37.6 Å². The molecule has 7 nitrogen and oxygen atoms in total. The number of benzene rings is 2. The number of carbonyl (C=O) groups is 1. The summed E-state index contributed by atoms with van der Waals surface area (Å²) in [5.74, 6) is 0.456. The average molecular weight is 418 g/mol. The second kappa shape index (κ2) is 9.39. The molecule has 0 saturated carbocycles. The molecule has 1 aliphatic heterocycles. The van der Waals surface area contributed by atoms with Gasteiger partial charge < -0.3 is 10.1 Å². The largest absolute Gasteiger partial charge is 0.495 e. The zero-order chi connectivity index (χ0) is 20.9. The van der Waals surface area contributed by atoms with E-state index in [2.05, 4.69) is 5.32 Å². The summed E-state index contributed by atoms with van der Waals surface area (Å²) in [6.45, 7) is 3.60. The Morgan fingerprint density at radius 1 is 1.03 bits per heavy atom. The van der Waals surface area contributed by atoms with Gasteiger partial charge in [0, 0.05) is 26.2 Å². The maximum Gasteiger partial charge on any atom is 0.241 e. The molecule has 156 valence electrons. The molecule has 0 bridgehead atoms. The topological polar surface area (TPSA) is 79.0 Å². The number of carbonyl (C=O) groups excluding carboxylic acids is 1. The van der Waals surface area contributed by atoms with Gasteiger partial charge in [0.05, 0.1) is 24.6 Å². The van der Waals surface area contributed by atoms with Gasteiger partial charge in [0.1, 0.15) is 5.75 Å². The Hall–Kier alpha value is -2.42. The highest BCUT2D eigenvalue weighted by Gasteiger charge is 2.31. The molecule has 0 spiro atoms. The van der Waals surface area contributed by atoms with Crippen molar-refractivity contribution in [3.05, 3.63) is 60.2 Å². The minimum absolute atomic E-state index is 0.00230. The molecule has 8 heteroatoms. The van der Waals surface area contributed by atoms with Crippen molar-refractivity contribution in [3.8, 4) is 5.75 Å². The monoisotopic (exact) mass is 417 g/mol. The van der Waals surface area contributed by atoms with Crippen molar-refractivity contribution in [3.63, 3.8) is 0 Å². The Balaban J connectivity index is 1.56. The first kappa shape index (κ1) is 21.3. The molecule has 0 radical (unpaired) electrons. The summed E-state index contributed by atoms with van der Waals surface area (Å²) in [4.78, 5) is 14.7. The van der Waals surface area contributed by atoms with Gasteiger partial charge in [0.2, 0.25) is 15.9 Å². The van der Waals surface area contributed by atoms with Crippen LogP contribution in [-0.4, -0.2) is 62.9 Å². The fourth-order valence-electron chi connectivity index (χ4n) is 3.40. The van der Waals surface area contributed by atoms with Gasteiger partial charge >= 0.3 is 0 Å². The molecule has 2 aromatic rings. The molecule has 1 amide bonds. The van der Waals surface area contributed by atoms with Crippen molar-refractivity contribution in [2.24, 2.45) is 0 Å². The predicted molar refractivity (Wildman–Crippen MR) is 113 cm³/mol. The summed E-state index contributed by atoms with van der Waals surface area (Å²) >= 11 is 0. The van der Waals surface area contributed by atoms with Crippen LogP contribution in [0.5, 0.6) is 5.75 Å². The third kappa shape index (κ3) is 5.35. The van der Waals surface area contributed by atoms with E-state index in [4.69, 9.17) is 4.74 Å². The lowest BCUT2D eigenvalue weighted by molar-refractivity contribution is -0.121. The standard InChI is InChI=1S/C21H27N3O4S/c1-17(21(25)22-19-10-6-7-11-20(19)28-2)23-12-14-24(15-13-23)29(26,27)16-18-8-4-3-5-9-18/h3-11,17H,12-16H2,1-2H3,(H,22,25)/t17-/m1/s1. The molecule has 0 unspecified atom stereocenters. The Morgan fingerprint density at radius 2 is 1.66 bits per heavy atom. The van der Waals surface area contributed by atoms with E-state index in [9.17, 15) is 13.2 Å². The summed E-state index contributed by atoms with van der Waals surface area (Å²) in [6, 6.07) is 16.1. The van der Waals surface area contributed by atoms with Crippen LogP contribution in [0.3, 0.4) is 0 Å². The summed E-state index contributed by atoms with van der Waals surface area (Å²) in [5, 5.41) is 2.90. The number of anilines is 1. The van der Waals surface area contributed by atoms with E-state index >= 15 is 0 Å². The van der Waals surface area contributed by atoms with Gasteiger partial charge in [0.25, 0.3) is 0 Å². The Labute approximate surface area is 172 Å². The van der Waals surface area contributed by atoms with Crippen LogP contribution in [-0.2, 0) is 20.6 Å². The minimum Gasteiger partial charge on any atom is -0.495 e. The molecule has 1 aliphatic rings. The summed E-state index contributed by atoms with van der Waals surface area (Å²) in [5.41, 5.74) is 1.40. The van der Waals surface area contributed by atoms with E-state index in [1.807, 2.05) is 54.3 Å². The number of nitrogens with one attached hydrogen (secondary N) is 1. The van der Waals surface area contributed by atoms with Crippen LogP contribution in [0.1, 0.15) is 12.5 Å². The van der Waals surface area contributed by atoms with Crippen molar-refractivity contribution in [1.82, 2.24) is 9.21 Å². The lowest BCUT2D eigenvalue weighted by Crippen LogP contribution is -2.54. The SMILES string of the molecule is COc1ccccc1NC(=O)[C@@H](C)N1CCN(S(=O)(=O)Cc2ccccc2)CC1. The molecule has 1 saturated heterocycles. The van der Waals surface area contributed by atoms with Crippen LogP contribution in [0.2, 0.25) is 0 Å². The first-order chi connectivity index (χ1) is 13.9. The van der Waals surface area contributed by atoms with Crippen molar-refractivity contribution in [2.75, 3.05) is 38.6 Å². The van der Waals surface area contributed by atoms with Crippen molar-refractivity contribution in [2.45, 2.75) is 18.7 Å². The molecular weight excluding hydrogens is 390 g/mol. The van der Waals surface area contributed by atoms with Crippen LogP contribution < -0.4 is 10.1 Å². The molecule has 2 aromatic carbocycles. The predicted octanol–water partition coefficient (Wildman–Crippen LogP) is 2.17. The first-order valence-electron chi connectivity index (χ1n) is 9.60. The quantitative estimate of drug-likeness (QED) is 0.747. The first-order valence-corrected chi connectivity index (χ1v) is 11.2. The fourth-order valence-corrected chi connectivity index (χ4v) is 4.91. The second-order valence-electron chi connectivity index (χ2n) is 7.04. The number of hydrogen-bond donors (Lipinski definition) is 1. The van der Waals surface area contributed by atoms with Crippen molar-refractivity contribution < 1.29 is 17.9 Å². The number of sulfonamides is 1. The molecule has 1 fully saturated rings. The number of amides is 1. The zero-order valence-electron chi connectivity index (χ0n) is 16.7. The lowest BCUT2D eigenvalue weighted by atomic mass is 10.2. The Morgan fingerprint density at radius 3 is 2.31 bits per heavy atom. The molecule has 0 aromatic heterocycles. The van der Waals surface area contributed by atoms with Crippen LogP contribution in [0.15, 0.2) is 54.6 Å². The van der Waals surface area contributed by atoms with Crippen LogP contribution in [0.25, 0.3) is 0 Å². The smallest absolute Gasteiger partial charge is 0.241 e. The molecule has 3 rings (SSSR count). The highest BCUT2D eigenvalue weighted by atomic mass is 32.2. The van der Waals surface area contributed by atoms with E-state index in [1.54, 1.807) is 19.2 Å². The van der Waals surface area contributed by atoms with Gasteiger partial charge in [-0.15, -0.1) is 0 Å². The van der Waals surface area contributed by atoms with Crippen molar-refractivity contribution in [1.29, 1.82) is 0 Å². The third-order valence-corrected chi connectivity index (χ3v) is 7.00. The minimum atomic E-state index is -3.37. The Bertz CT molecular complexity index is 926. The molecule has 1 heterocycles. The number of methoxy groups -OCH3 is 1. The number of nitrogens with zero attached hydrogens (tertiary/aromatic N) is 2. The number of piperazine rings is 1. The summed E-state index contributed by atoms with van der Waals surface area (Å²) in [7, 11) is -1.81. The summed E-state index contributed by atoms with van der Waals surface area (Å²) < 4.78 is 32.2. The Kier molecular flexibility index (Phi) is 6.89. The maximum atomic E-state index is 12.7. The highest BCUT2D eigenvalue weighted by molar-refractivity contribution is 7.88. The number of rotatable bonds is 7. The lowest BCUT2D eigenvalue weighted by Gasteiger charge is -2.36. The van der Waals surface area contributed by atoms with Gasteiger partial charge in [-0.05, 0) is 24.6 Å². The maximum absolute atomic E-state index is 12.7. The van der Waals surface area contributed by atoms with Crippen LogP contribution in [0.4, 0.5) is 5.69 Å². The van der Waals surface area contributed by atoms with E-state index < -0.39 is 10.0 Å². The van der Waals surface area contributed by atoms with E-state index in [1.165, 1.54) is 4.31 Å². The second-order valence-corrected chi connectivity index (χ2v) is 9.01. The normalized spacial score (nSPS) is 16.9. The highest BCUT2D eigenvalue weighted by Crippen LogP contribution is 2.23. The van der Waals surface area contributed by atoms with Gasteiger partial charge in [-0.25, -0.2) is 8.42 Å². The van der Waals surface area contributed by atoms with Gasteiger partial charge in [0.15, 0.2) is 0 Å². The fraction of sp³-hybridized carbons (Fsp3) is 0.381. The van der Waals surface area contributed by atoms with Crippen LogP contribution in [0, 0.1) is 0 Å². The number of para-hydroxylation sites is 2. The molecular formula is C21H27N3O4S. The molecule has 1 atom stereocenters. The summed E-state index contributed by atoms with van der Waals surface area (Å²) in [6.07, 6.45) is 0. The third-order valence-electron chi connectivity index (χ3n) is 5.15.